The molecule has 2 amide bonds. The maximum atomic E-state index is 14.3. The molecule has 0 bridgehead atoms. The largest absolute Gasteiger partial charge is 0.417 e. The lowest BCUT2D eigenvalue weighted by Gasteiger charge is -2.34. The zero-order valence-electron chi connectivity index (χ0n) is 28.0. The topological polar surface area (TPSA) is 120 Å². The number of fused-ring (bicyclic) bond motifs is 2. The van der Waals surface area contributed by atoms with E-state index in [0.717, 1.165) is 21.4 Å². The minimum Gasteiger partial charge on any atom is -0.347 e. The van der Waals surface area contributed by atoms with Crippen LogP contribution in [-0.2, 0) is 32.4 Å². The number of amides is 2. The smallest absolute Gasteiger partial charge is 0.347 e. The van der Waals surface area contributed by atoms with E-state index in [1.54, 1.807) is 49.6 Å². The highest BCUT2D eigenvalue weighted by Gasteiger charge is 2.38. The lowest BCUT2D eigenvalue weighted by atomic mass is 10.1. The Kier molecular flexibility index (Phi) is 9.41. The molecule has 3 aromatic carbocycles. The fourth-order valence-corrected chi connectivity index (χ4v) is 6.97. The average Bonchev–Trinajstić information content (AvgIpc) is 3.65. The second-order valence-corrected chi connectivity index (χ2v) is 13.4. The lowest BCUT2D eigenvalue weighted by Crippen LogP contribution is -2.47. The Labute approximate surface area is 310 Å². The standard InChI is InChI=1S/C36H27BrF6N8O3/c1-20-17-49-29(18-48(20)33(53)21-7-9-27(37)26(14-21)36(41,42)43)30(32(52)46-15-22-5-2-3-6-25(22)31-44-11-4-12-45-31)51(34(49)54)24-8-10-28-23(13-24)16-47-50(28)19-35(38,39)40/h2-14,16,20H,15,17-19H2,1H3,(H,46,52)/t20-/m0/s1. The van der Waals surface area contributed by atoms with E-state index in [0.29, 0.717) is 17.0 Å². The first-order valence-corrected chi connectivity index (χ1v) is 17.1. The van der Waals surface area contributed by atoms with E-state index in [4.69, 9.17) is 0 Å². The molecule has 1 N–H and O–H groups in total. The molecule has 0 unspecified atom stereocenters. The van der Waals surface area contributed by atoms with Crippen LogP contribution in [0, 0.1) is 0 Å². The lowest BCUT2D eigenvalue weighted by molar-refractivity contribution is -0.142. The summed E-state index contributed by atoms with van der Waals surface area (Å²) >= 11 is 2.89. The van der Waals surface area contributed by atoms with Crippen LogP contribution in [0.3, 0.4) is 0 Å². The number of hydrogen-bond acceptors (Lipinski definition) is 6. The van der Waals surface area contributed by atoms with Gasteiger partial charge in [-0.1, -0.05) is 40.2 Å². The number of alkyl halides is 6. The minimum atomic E-state index is -4.75. The van der Waals surface area contributed by atoms with E-state index in [1.807, 2.05) is 0 Å². The first-order chi connectivity index (χ1) is 25.6. The summed E-state index contributed by atoms with van der Waals surface area (Å²) in [5, 5.41) is 6.95. The Hall–Kier alpha value is -5.78. The van der Waals surface area contributed by atoms with Crippen molar-refractivity contribution in [1.82, 2.24) is 39.1 Å². The number of aromatic nitrogens is 6. The molecule has 1 atom stereocenters. The highest BCUT2D eigenvalue weighted by atomic mass is 79.9. The Morgan fingerprint density at radius 2 is 1.70 bits per heavy atom. The van der Waals surface area contributed by atoms with Gasteiger partial charge in [-0.2, -0.15) is 31.4 Å². The first kappa shape index (κ1) is 36.6. The van der Waals surface area contributed by atoms with Crippen LogP contribution in [0.5, 0.6) is 0 Å². The zero-order valence-corrected chi connectivity index (χ0v) is 29.6. The summed E-state index contributed by atoms with van der Waals surface area (Å²) in [6.45, 7) is -0.215. The minimum absolute atomic E-state index is 0.0481. The molecule has 6 aromatic rings. The molecule has 278 valence electrons. The molecule has 18 heteroatoms. The molecule has 54 heavy (non-hydrogen) atoms. The number of hydrogen-bond donors (Lipinski definition) is 1. The van der Waals surface area contributed by atoms with Crippen molar-refractivity contribution in [2.75, 3.05) is 0 Å². The molecular weight excluding hydrogens is 786 g/mol. The summed E-state index contributed by atoms with van der Waals surface area (Å²) in [4.78, 5) is 52.2. The predicted octanol–water partition coefficient (Wildman–Crippen LogP) is 6.76. The van der Waals surface area contributed by atoms with Gasteiger partial charge in [0.2, 0.25) is 0 Å². The summed E-state index contributed by atoms with van der Waals surface area (Å²) < 4.78 is 83.8. The van der Waals surface area contributed by atoms with Crippen molar-refractivity contribution >= 4 is 38.6 Å². The molecule has 0 spiro atoms. The SMILES string of the molecule is C[C@H]1Cn2c(c(C(=O)NCc3ccccc3-c3ncccn3)n(-c3ccc4c(cnn4CC(F)(F)F)c3)c2=O)CN1C(=O)c1ccc(Br)c(C(F)(F)F)c1. The van der Waals surface area contributed by atoms with Crippen LogP contribution in [-0.4, -0.2) is 57.8 Å². The maximum absolute atomic E-state index is 14.3. The van der Waals surface area contributed by atoms with Crippen molar-refractivity contribution in [2.45, 2.75) is 51.5 Å². The quantitative estimate of drug-likeness (QED) is 0.178. The Morgan fingerprint density at radius 3 is 2.43 bits per heavy atom. The highest BCUT2D eigenvalue weighted by molar-refractivity contribution is 9.10. The van der Waals surface area contributed by atoms with E-state index < -0.39 is 48.0 Å². The van der Waals surface area contributed by atoms with Crippen molar-refractivity contribution in [3.63, 3.8) is 0 Å². The molecule has 0 aliphatic carbocycles. The molecule has 11 nitrogen and oxygen atoms in total. The first-order valence-electron chi connectivity index (χ1n) is 16.3. The third-order valence-corrected chi connectivity index (χ3v) is 9.71. The molecule has 0 fully saturated rings. The van der Waals surface area contributed by atoms with E-state index in [-0.39, 0.29) is 57.6 Å². The second-order valence-electron chi connectivity index (χ2n) is 12.6. The number of nitrogens with one attached hydrogen (secondary N) is 1. The molecule has 0 saturated heterocycles. The van der Waals surface area contributed by atoms with Crippen molar-refractivity contribution in [3.05, 3.63) is 128 Å². The van der Waals surface area contributed by atoms with Gasteiger partial charge in [-0.05, 0) is 55.0 Å². The molecule has 7 rings (SSSR count). The van der Waals surface area contributed by atoms with Crippen LogP contribution in [0.2, 0.25) is 0 Å². The summed E-state index contributed by atoms with van der Waals surface area (Å²) in [6.07, 6.45) is -4.94. The fraction of sp³-hybridized carbons (Fsp3) is 0.222. The van der Waals surface area contributed by atoms with Crippen molar-refractivity contribution in [1.29, 1.82) is 0 Å². The third kappa shape index (κ3) is 7.00. The number of rotatable bonds is 7. The normalized spacial score (nSPS) is 14.7. The van der Waals surface area contributed by atoms with E-state index >= 15 is 0 Å². The van der Waals surface area contributed by atoms with Gasteiger partial charge < -0.3 is 10.2 Å². The Bertz CT molecular complexity index is 2470. The number of halogens is 7. The van der Waals surface area contributed by atoms with Gasteiger partial charge in [0.25, 0.3) is 11.8 Å². The van der Waals surface area contributed by atoms with Crippen LogP contribution in [0.15, 0.2) is 94.6 Å². The number of imidazole rings is 1. The third-order valence-electron chi connectivity index (χ3n) is 9.01. The number of carbonyl (C=O) groups is 2. The van der Waals surface area contributed by atoms with Gasteiger partial charge in [0, 0.05) is 52.5 Å². The zero-order chi connectivity index (χ0) is 38.5. The number of benzene rings is 3. The molecule has 1 aliphatic rings. The van der Waals surface area contributed by atoms with Gasteiger partial charge in [0.15, 0.2) is 5.82 Å². The van der Waals surface area contributed by atoms with Gasteiger partial charge in [-0.25, -0.2) is 14.8 Å². The van der Waals surface area contributed by atoms with E-state index in [2.05, 4.69) is 36.3 Å². The molecular formula is C36H27BrF6N8O3. The van der Waals surface area contributed by atoms with Crippen LogP contribution in [0.4, 0.5) is 26.3 Å². The number of carbonyl (C=O) groups excluding carboxylic acids is 2. The maximum Gasteiger partial charge on any atom is 0.417 e. The Morgan fingerprint density at radius 1 is 0.963 bits per heavy atom. The van der Waals surface area contributed by atoms with Crippen molar-refractivity contribution in [3.8, 4) is 17.1 Å². The predicted molar refractivity (Wildman–Crippen MR) is 186 cm³/mol. The summed E-state index contributed by atoms with van der Waals surface area (Å²) in [5.41, 5.74) is -0.493. The van der Waals surface area contributed by atoms with Crippen molar-refractivity contribution < 1.29 is 35.9 Å². The monoisotopic (exact) mass is 812 g/mol. The van der Waals surface area contributed by atoms with Gasteiger partial charge in [0.05, 0.1) is 35.2 Å². The molecule has 0 radical (unpaired) electrons. The average molecular weight is 814 g/mol. The van der Waals surface area contributed by atoms with Gasteiger partial charge in [-0.3, -0.25) is 23.4 Å². The summed E-state index contributed by atoms with van der Waals surface area (Å²) in [7, 11) is 0. The van der Waals surface area contributed by atoms with Crippen LogP contribution in [0.1, 0.15) is 44.6 Å². The molecule has 4 heterocycles. The van der Waals surface area contributed by atoms with E-state index in [9.17, 15) is 40.7 Å². The van der Waals surface area contributed by atoms with Gasteiger partial charge in [0.1, 0.15) is 12.2 Å². The van der Waals surface area contributed by atoms with Gasteiger partial charge >= 0.3 is 18.0 Å². The number of nitrogens with zero attached hydrogens (tertiary/aromatic N) is 7. The highest BCUT2D eigenvalue weighted by Crippen LogP contribution is 2.36. The summed E-state index contributed by atoms with van der Waals surface area (Å²) in [6, 6.07) is 15.3. The molecule has 1 aliphatic heterocycles. The second kappa shape index (κ2) is 13.9. The fourth-order valence-electron chi connectivity index (χ4n) is 6.50. The van der Waals surface area contributed by atoms with Crippen LogP contribution in [0.25, 0.3) is 28.0 Å². The van der Waals surface area contributed by atoms with Crippen molar-refractivity contribution in [2.24, 2.45) is 0 Å². The Balaban J connectivity index is 1.30. The van der Waals surface area contributed by atoms with Gasteiger partial charge in [-0.15, -0.1) is 0 Å². The molecule has 3 aromatic heterocycles. The van der Waals surface area contributed by atoms with Crippen LogP contribution >= 0.6 is 15.9 Å². The van der Waals surface area contributed by atoms with E-state index in [1.165, 1.54) is 39.9 Å². The van der Waals surface area contributed by atoms with Crippen LogP contribution < -0.4 is 11.0 Å². The summed E-state index contributed by atoms with van der Waals surface area (Å²) in [5.74, 6) is -1.08. The molecule has 0 saturated carbocycles.